The Bertz CT molecular complexity index is 883. The first-order chi connectivity index (χ1) is 13.7. The number of unbranched alkanes of at least 4 members (excludes halogenated alkanes) is 1. The van der Waals surface area contributed by atoms with Gasteiger partial charge in [-0.05, 0) is 35.4 Å². The van der Waals surface area contributed by atoms with Crippen molar-refractivity contribution in [1.82, 2.24) is 0 Å². The molecule has 144 valence electrons. The Balaban J connectivity index is 1.70. The summed E-state index contributed by atoms with van der Waals surface area (Å²) in [5.74, 6) is -0.481. The van der Waals surface area contributed by atoms with Gasteiger partial charge in [0.2, 0.25) is 5.78 Å². The average molecular weight is 393 g/mol. The third-order valence-electron chi connectivity index (χ3n) is 4.56. The molecule has 0 fully saturated rings. The van der Waals surface area contributed by atoms with Crippen LogP contribution in [0.2, 0.25) is 0 Å². The third-order valence-corrected chi connectivity index (χ3v) is 5.44. The maximum atomic E-state index is 13.0. The molecule has 0 radical (unpaired) electrons. The van der Waals surface area contributed by atoms with Gasteiger partial charge in [-0.3, -0.25) is 9.59 Å². The van der Waals surface area contributed by atoms with Crippen molar-refractivity contribution in [2.45, 2.75) is 38.7 Å². The zero-order valence-electron chi connectivity index (χ0n) is 16.0. The second-order valence-corrected chi connectivity index (χ2v) is 7.72. The molecule has 0 amide bonds. The summed E-state index contributed by atoms with van der Waals surface area (Å²) >= 11 is 1.51. The van der Waals surface area contributed by atoms with Crippen LogP contribution in [0.15, 0.2) is 72.1 Å². The number of esters is 1. The van der Waals surface area contributed by atoms with Crippen LogP contribution in [0, 0.1) is 0 Å². The molecule has 0 saturated carbocycles. The maximum Gasteiger partial charge on any atom is 0.311 e. The van der Waals surface area contributed by atoms with Crippen LogP contribution in [0.5, 0.6) is 0 Å². The van der Waals surface area contributed by atoms with E-state index in [-0.39, 0.29) is 18.2 Å². The van der Waals surface area contributed by atoms with Crippen LogP contribution >= 0.6 is 11.3 Å². The van der Waals surface area contributed by atoms with Crippen LogP contribution < -0.4 is 0 Å². The van der Waals surface area contributed by atoms with E-state index in [9.17, 15) is 9.59 Å². The minimum absolute atomic E-state index is 0.132. The van der Waals surface area contributed by atoms with E-state index < -0.39 is 6.10 Å². The number of rotatable bonds is 9. The molecule has 0 saturated heterocycles. The molecule has 0 aliphatic carbocycles. The lowest BCUT2D eigenvalue weighted by atomic mass is 9.98. The van der Waals surface area contributed by atoms with Crippen molar-refractivity contribution in [1.29, 1.82) is 0 Å². The molecule has 4 heteroatoms. The lowest BCUT2D eigenvalue weighted by Crippen LogP contribution is -2.28. The zero-order valence-corrected chi connectivity index (χ0v) is 16.8. The lowest BCUT2D eigenvalue weighted by molar-refractivity contribution is -0.146. The molecule has 1 heterocycles. The van der Waals surface area contributed by atoms with Gasteiger partial charge in [-0.1, -0.05) is 74.0 Å². The summed E-state index contributed by atoms with van der Waals surface area (Å²) in [4.78, 5) is 26.2. The molecular formula is C24H24O3S. The molecule has 3 rings (SSSR count). The number of hydrogen-bond donors (Lipinski definition) is 0. The molecule has 1 aromatic heterocycles. The normalized spacial score (nSPS) is 11.8. The first kappa shape index (κ1) is 20.0. The number of thiophene rings is 1. The summed E-state index contributed by atoms with van der Waals surface area (Å²) in [5, 5.41) is 1.93. The summed E-state index contributed by atoms with van der Waals surface area (Å²) in [6.45, 7) is 2.06. The molecule has 0 bridgehead atoms. The van der Waals surface area contributed by atoms with E-state index in [4.69, 9.17) is 4.74 Å². The molecule has 3 nitrogen and oxygen atoms in total. The Kier molecular flexibility index (Phi) is 7.15. The minimum Gasteiger partial charge on any atom is -0.454 e. The van der Waals surface area contributed by atoms with Gasteiger partial charge in [0.1, 0.15) is 0 Å². The lowest BCUT2D eigenvalue weighted by Gasteiger charge is -2.17. The number of carbonyl (C=O) groups excluding carboxylic acids is 2. The van der Waals surface area contributed by atoms with Gasteiger partial charge in [-0.2, -0.15) is 0 Å². The zero-order chi connectivity index (χ0) is 19.8. The van der Waals surface area contributed by atoms with Crippen LogP contribution in [0.25, 0.3) is 11.1 Å². The Morgan fingerprint density at radius 2 is 1.64 bits per heavy atom. The van der Waals surface area contributed by atoms with Gasteiger partial charge in [0, 0.05) is 10.4 Å². The van der Waals surface area contributed by atoms with Crippen LogP contribution in [-0.4, -0.2) is 17.9 Å². The summed E-state index contributed by atoms with van der Waals surface area (Å²) < 4.78 is 5.58. The average Bonchev–Trinajstić information content (AvgIpc) is 3.24. The van der Waals surface area contributed by atoms with Gasteiger partial charge in [0.15, 0.2) is 6.10 Å². The monoisotopic (exact) mass is 392 g/mol. The van der Waals surface area contributed by atoms with Crippen LogP contribution in [0.1, 0.15) is 41.4 Å². The predicted molar refractivity (Wildman–Crippen MR) is 114 cm³/mol. The van der Waals surface area contributed by atoms with Crippen molar-refractivity contribution in [2.75, 3.05) is 0 Å². The topological polar surface area (TPSA) is 43.4 Å². The number of hydrogen-bond acceptors (Lipinski definition) is 4. The van der Waals surface area contributed by atoms with E-state index in [1.807, 2.05) is 72.1 Å². The third kappa shape index (κ3) is 5.40. The fourth-order valence-electron chi connectivity index (χ4n) is 3.03. The number of carbonyl (C=O) groups is 2. The van der Waals surface area contributed by atoms with Gasteiger partial charge in [0.05, 0.1) is 6.42 Å². The van der Waals surface area contributed by atoms with E-state index in [0.29, 0.717) is 12.0 Å². The largest absolute Gasteiger partial charge is 0.454 e. The molecule has 2 aromatic carbocycles. The number of Topliss-reactive ketones (excluding diaryl/α,β-unsaturated/α-hetero) is 1. The predicted octanol–water partition coefficient (Wildman–Crippen LogP) is 5.94. The van der Waals surface area contributed by atoms with Gasteiger partial charge < -0.3 is 4.74 Å². The highest BCUT2D eigenvalue weighted by Crippen LogP contribution is 2.21. The van der Waals surface area contributed by atoms with E-state index in [0.717, 1.165) is 28.8 Å². The van der Waals surface area contributed by atoms with Gasteiger partial charge in [-0.15, -0.1) is 11.3 Å². The summed E-state index contributed by atoms with van der Waals surface area (Å²) in [5.41, 5.74) is 2.73. The molecule has 0 aliphatic rings. The highest BCUT2D eigenvalue weighted by Gasteiger charge is 2.24. The summed E-state index contributed by atoms with van der Waals surface area (Å²) in [7, 11) is 0. The van der Waals surface area contributed by atoms with Crippen molar-refractivity contribution in [3.8, 4) is 11.1 Å². The van der Waals surface area contributed by atoms with Crippen molar-refractivity contribution in [2.24, 2.45) is 0 Å². The van der Waals surface area contributed by atoms with Crippen LogP contribution in [-0.2, 0) is 16.0 Å². The Morgan fingerprint density at radius 1 is 0.929 bits per heavy atom. The molecular weight excluding hydrogens is 368 g/mol. The molecule has 0 N–H and O–H groups in total. The molecule has 1 atom stereocenters. The molecule has 0 unspecified atom stereocenters. The number of benzene rings is 2. The molecule has 28 heavy (non-hydrogen) atoms. The Hall–Kier alpha value is -2.72. The molecule has 3 aromatic rings. The van der Waals surface area contributed by atoms with Crippen molar-refractivity contribution < 1.29 is 14.3 Å². The SMILES string of the molecule is CCCC[C@@H](OC(=O)Cc1cccs1)C(=O)c1ccc(-c2ccccc2)cc1. The first-order valence-electron chi connectivity index (χ1n) is 9.59. The van der Waals surface area contributed by atoms with Crippen molar-refractivity contribution >= 4 is 23.1 Å². The standard InChI is InChI=1S/C24H24O3S/c1-2-3-11-22(27-23(25)17-21-10-7-16-28-21)24(26)20-14-12-19(13-15-20)18-8-5-4-6-9-18/h4-10,12-16,22H,2-3,11,17H2,1H3/t22-/m1/s1. The highest BCUT2D eigenvalue weighted by atomic mass is 32.1. The van der Waals surface area contributed by atoms with E-state index in [1.54, 1.807) is 0 Å². The number of ketones is 1. The smallest absolute Gasteiger partial charge is 0.311 e. The van der Waals surface area contributed by atoms with E-state index in [2.05, 4.69) is 6.92 Å². The number of ether oxygens (including phenoxy) is 1. The summed E-state index contributed by atoms with van der Waals surface area (Å²) in [6.07, 6.45) is 1.81. The minimum atomic E-state index is -0.727. The van der Waals surface area contributed by atoms with Crippen LogP contribution in [0.3, 0.4) is 0 Å². The maximum absolute atomic E-state index is 13.0. The molecule has 0 aliphatic heterocycles. The van der Waals surface area contributed by atoms with Gasteiger partial charge >= 0.3 is 5.97 Å². The van der Waals surface area contributed by atoms with Crippen LogP contribution in [0.4, 0.5) is 0 Å². The Morgan fingerprint density at radius 3 is 2.29 bits per heavy atom. The second-order valence-electron chi connectivity index (χ2n) is 6.68. The van der Waals surface area contributed by atoms with Gasteiger partial charge in [0.25, 0.3) is 0 Å². The van der Waals surface area contributed by atoms with E-state index >= 15 is 0 Å². The quantitative estimate of drug-likeness (QED) is 0.334. The second kappa shape index (κ2) is 10.00. The fraction of sp³-hybridized carbons (Fsp3) is 0.250. The molecule has 0 spiro atoms. The first-order valence-corrected chi connectivity index (χ1v) is 10.5. The van der Waals surface area contributed by atoms with Gasteiger partial charge in [-0.25, -0.2) is 0 Å². The highest BCUT2D eigenvalue weighted by molar-refractivity contribution is 7.10. The van der Waals surface area contributed by atoms with Crippen molar-refractivity contribution in [3.63, 3.8) is 0 Å². The summed E-state index contributed by atoms with van der Waals surface area (Å²) in [6, 6.07) is 21.3. The van der Waals surface area contributed by atoms with Crippen molar-refractivity contribution in [3.05, 3.63) is 82.6 Å². The fourth-order valence-corrected chi connectivity index (χ4v) is 3.72. The van der Waals surface area contributed by atoms with E-state index in [1.165, 1.54) is 11.3 Å². The Labute approximate surface area is 170 Å².